The quantitative estimate of drug-likeness (QED) is 0.513. The van der Waals surface area contributed by atoms with Crippen molar-refractivity contribution in [2.75, 3.05) is 13.1 Å². The summed E-state index contributed by atoms with van der Waals surface area (Å²) in [7, 11) is 0. The van der Waals surface area contributed by atoms with Gasteiger partial charge in [0.2, 0.25) is 0 Å². The molecule has 152 valence electrons. The van der Waals surface area contributed by atoms with Crippen LogP contribution >= 0.6 is 11.3 Å². The molecule has 0 fully saturated rings. The molecule has 6 nitrogen and oxygen atoms in total. The van der Waals surface area contributed by atoms with E-state index >= 15 is 0 Å². The fraction of sp³-hybridized carbons (Fsp3) is 0.600. The number of nitrogens with two attached hydrogens (primary N) is 1. The molecule has 0 saturated heterocycles. The third kappa shape index (κ3) is 4.55. The lowest BCUT2D eigenvalue weighted by atomic mass is 10.2. The Kier molecular flexibility index (Phi) is 6.76. The van der Waals surface area contributed by atoms with E-state index in [1.54, 1.807) is 0 Å². The van der Waals surface area contributed by atoms with Crippen LogP contribution in [0.3, 0.4) is 0 Å². The molecule has 0 atom stereocenters. The average Bonchev–Trinajstić information content (AvgIpc) is 2.94. The van der Waals surface area contributed by atoms with Crippen LogP contribution in [0.5, 0.6) is 0 Å². The highest BCUT2D eigenvalue weighted by Crippen LogP contribution is 2.36. The van der Waals surface area contributed by atoms with E-state index in [9.17, 15) is 31.5 Å². The van der Waals surface area contributed by atoms with Crippen LogP contribution in [-0.2, 0) is 19.6 Å². The lowest BCUT2D eigenvalue weighted by Gasteiger charge is -2.12. The van der Waals surface area contributed by atoms with Gasteiger partial charge in [-0.05, 0) is 6.92 Å². The molecule has 0 aromatic carbocycles. The first-order chi connectivity index (χ1) is 12.6. The second-order valence-corrected chi connectivity index (χ2v) is 6.82. The van der Waals surface area contributed by atoms with Crippen molar-refractivity contribution in [2.24, 2.45) is 5.73 Å². The van der Waals surface area contributed by atoms with Crippen molar-refractivity contribution >= 4 is 21.6 Å². The van der Waals surface area contributed by atoms with Gasteiger partial charge in [0.1, 0.15) is 4.83 Å². The van der Waals surface area contributed by atoms with Gasteiger partial charge in [0.05, 0.1) is 11.8 Å². The molecule has 0 unspecified atom stereocenters. The number of nitrogens with one attached hydrogen (secondary N) is 1. The Morgan fingerprint density at radius 1 is 1.22 bits per heavy atom. The Hall–Kier alpha value is -1.79. The summed E-state index contributed by atoms with van der Waals surface area (Å²) in [5.74, 6) is 0. The van der Waals surface area contributed by atoms with E-state index in [0.717, 1.165) is 15.9 Å². The van der Waals surface area contributed by atoms with E-state index in [2.05, 4.69) is 5.32 Å². The predicted octanol–water partition coefficient (Wildman–Crippen LogP) is 2.18. The number of aryl methyl sites for hydroxylation is 1. The molecule has 3 N–H and O–H groups in total. The summed E-state index contributed by atoms with van der Waals surface area (Å²) in [6, 6.07) is 0. The number of rotatable bonds is 8. The molecule has 2 aromatic rings. The van der Waals surface area contributed by atoms with Gasteiger partial charge in [-0.1, -0.05) is 0 Å². The lowest BCUT2D eigenvalue weighted by molar-refractivity contribution is -0.136. The third-order valence-electron chi connectivity index (χ3n) is 3.93. The number of aromatic nitrogens is 2. The Morgan fingerprint density at radius 2 is 1.89 bits per heavy atom. The Bertz CT molecular complexity index is 916. The second kappa shape index (κ2) is 8.48. The summed E-state index contributed by atoms with van der Waals surface area (Å²) >= 11 is 0.726. The molecule has 0 radical (unpaired) electrons. The van der Waals surface area contributed by atoms with Gasteiger partial charge in [0.25, 0.3) is 12.0 Å². The van der Waals surface area contributed by atoms with Gasteiger partial charge < -0.3 is 11.1 Å². The van der Waals surface area contributed by atoms with Crippen molar-refractivity contribution in [2.45, 2.75) is 45.6 Å². The van der Waals surface area contributed by atoms with Crippen LogP contribution < -0.4 is 22.3 Å². The topological polar surface area (TPSA) is 82.0 Å². The largest absolute Gasteiger partial charge is 0.390 e. The van der Waals surface area contributed by atoms with Crippen molar-refractivity contribution in [1.82, 2.24) is 14.5 Å². The van der Waals surface area contributed by atoms with Gasteiger partial charge in [0, 0.05) is 43.2 Å². The summed E-state index contributed by atoms with van der Waals surface area (Å²) in [6.07, 6.45) is -8.86. The zero-order chi connectivity index (χ0) is 20.4. The first-order valence-corrected chi connectivity index (χ1v) is 8.98. The minimum atomic E-state index is -4.53. The van der Waals surface area contributed by atoms with Gasteiger partial charge in [-0.25, -0.2) is 13.6 Å². The highest BCUT2D eigenvalue weighted by Gasteiger charge is 2.30. The number of alkyl halides is 5. The van der Waals surface area contributed by atoms with Gasteiger partial charge in [0.15, 0.2) is 0 Å². The van der Waals surface area contributed by atoms with Crippen LogP contribution in [0.1, 0.15) is 30.2 Å². The summed E-state index contributed by atoms with van der Waals surface area (Å²) < 4.78 is 66.7. The molecule has 0 aliphatic carbocycles. The van der Waals surface area contributed by atoms with Crippen LogP contribution in [0.15, 0.2) is 9.59 Å². The highest BCUT2D eigenvalue weighted by molar-refractivity contribution is 7.18. The first kappa shape index (κ1) is 21.5. The monoisotopic (exact) mass is 414 g/mol. The van der Waals surface area contributed by atoms with Crippen LogP contribution in [0.2, 0.25) is 0 Å². The van der Waals surface area contributed by atoms with Crippen LogP contribution in [-0.4, -0.2) is 28.4 Å². The molecule has 2 rings (SSSR count). The van der Waals surface area contributed by atoms with Crippen LogP contribution in [0, 0.1) is 0 Å². The summed E-state index contributed by atoms with van der Waals surface area (Å²) in [4.78, 5) is 24.9. The zero-order valence-electron chi connectivity index (χ0n) is 14.4. The molecule has 0 aliphatic heterocycles. The average molecular weight is 414 g/mol. The third-order valence-corrected chi connectivity index (χ3v) is 5.16. The number of fused-ring (bicyclic) bond motifs is 1. The maximum atomic E-state index is 13.7. The fourth-order valence-corrected chi connectivity index (χ4v) is 4.00. The van der Waals surface area contributed by atoms with Crippen molar-refractivity contribution in [3.8, 4) is 0 Å². The molecule has 12 heteroatoms. The molecule has 0 saturated carbocycles. The predicted molar refractivity (Wildman–Crippen MR) is 92.4 cm³/mol. The maximum absolute atomic E-state index is 13.7. The molecule has 0 spiro atoms. The standard InChI is InChI=1S/C15H19F5N4O2S/c1-2-23-12(25)10-9(11(16)17)8(7-22-5-4-21)27-13(10)24(14(23)26)6-3-15(18,19)20/h11,22H,2-7,21H2,1H3. The van der Waals surface area contributed by atoms with Crippen molar-refractivity contribution in [1.29, 1.82) is 0 Å². The molecule has 2 aromatic heterocycles. The number of nitrogens with zero attached hydrogens (tertiary/aromatic N) is 2. The SMILES string of the molecule is CCn1c(=O)c2c(C(F)F)c(CNCCN)sc2n(CCC(F)(F)F)c1=O. The number of hydrogen-bond donors (Lipinski definition) is 2. The van der Waals surface area contributed by atoms with E-state index in [1.807, 2.05) is 0 Å². The van der Waals surface area contributed by atoms with Gasteiger partial charge in [-0.3, -0.25) is 13.9 Å². The van der Waals surface area contributed by atoms with Crippen molar-refractivity contribution in [3.63, 3.8) is 0 Å². The van der Waals surface area contributed by atoms with Gasteiger partial charge >= 0.3 is 11.9 Å². The van der Waals surface area contributed by atoms with Crippen molar-refractivity contribution < 1.29 is 22.0 Å². The molecule has 0 aliphatic rings. The smallest absolute Gasteiger partial charge is 0.329 e. The Labute approximate surface area is 154 Å². The second-order valence-electron chi connectivity index (χ2n) is 5.73. The molecule has 2 heterocycles. The lowest BCUT2D eigenvalue weighted by Crippen LogP contribution is -2.40. The molecule has 0 amide bonds. The summed E-state index contributed by atoms with van der Waals surface area (Å²) in [5, 5.41) is 2.42. The van der Waals surface area contributed by atoms with Crippen molar-refractivity contribution in [3.05, 3.63) is 31.3 Å². The number of hydrogen-bond acceptors (Lipinski definition) is 5. The highest BCUT2D eigenvalue weighted by atomic mass is 32.1. The first-order valence-electron chi connectivity index (χ1n) is 8.17. The minimum Gasteiger partial charge on any atom is -0.329 e. The number of halogens is 5. The molecule has 27 heavy (non-hydrogen) atoms. The number of thiophene rings is 1. The minimum absolute atomic E-state index is 0.0325. The van der Waals surface area contributed by atoms with Gasteiger partial charge in [-0.2, -0.15) is 13.2 Å². The van der Waals surface area contributed by atoms with Gasteiger partial charge in [-0.15, -0.1) is 11.3 Å². The normalized spacial score (nSPS) is 12.4. The van der Waals surface area contributed by atoms with E-state index in [-0.39, 0.29) is 29.3 Å². The van der Waals surface area contributed by atoms with E-state index < -0.39 is 47.8 Å². The molecular weight excluding hydrogens is 395 g/mol. The Morgan fingerprint density at radius 3 is 2.41 bits per heavy atom. The zero-order valence-corrected chi connectivity index (χ0v) is 15.2. The van der Waals surface area contributed by atoms with E-state index in [0.29, 0.717) is 11.1 Å². The molecule has 0 bridgehead atoms. The van der Waals surface area contributed by atoms with E-state index in [4.69, 9.17) is 5.73 Å². The summed E-state index contributed by atoms with van der Waals surface area (Å²) in [5.41, 5.74) is 2.93. The maximum Gasteiger partial charge on any atom is 0.390 e. The van der Waals surface area contributed by atoms with Crippen LogP contribution in [0.4, 0.5) is 22.0 Å². The molecular formula is C15H19F5N4O2S. The Balaban J connectivity index is 2.75. The van der Waals surface area contributed by atoms with E-state index in [1.165, 1.54) is 6.92 Å². The fourth-order valence-electron chi connectivity index (χ4n) is 2.71. The summed E-state index contributed by atoms with van der Waals surface area (Å²) in [6.45, 7) is 1.11. The van der Waals surface area contributed by atoms with Crippen LogP contribution in [0.25, 0.3) is 10.2 Å².